The lowest BCUT2D eigenvalue weighted by Gasteiger charge is -2.10. The second-order valence-electron chi connectivity index (χ2n) is 3.68. The molecule has 1 aromatic heterocycles. The Morgan fingerprint density at radius 2 is 2.17 bits per heavy atom. The van der Waals surface area contributed by atoms with Gasteiger partial charge in [-0.3, -0.25) is 0 Å². The van der Waals surface area contributed by atoms with Crippen molar-refractivity contribution in [3.05, 3.63) is 52.4 Å². The molecule has 1 aromatic carbocycles. The topological polar surface area (TPSA) is 48.1 Å². The number of aromatic nitrogens is 1. The van der Waals surface area contributed by atoms with Crippen molar-refractivity contribution in [1.82, 2.24) is 4.98 Å². The minimum Gasteiger partial charge on any atom is -0.436 e. The summed E-state index contributed by atoms with van der Waals surface area (Å²) in [4.78, 5) is 4.10. The maximum absolute atomic E-state index is 13.6. The predicted molar refractivity (Wildman–Crippen MR) is 71.2 cm³/mol. The number of rotatable bonds is 4. The summed E-state index contributed by atoms with van der Waals surface area (Å²) in [7, 11) is 0. The van der Waals surface area contributed by atoms with Crippen LogP contribution in [-0.4, -0.2) is 11.5 Å². The third-order valence-corrected chi connectivity index (χ3v) is 2.86. The van der Waals surface area contributed by atoms with E-state index in [-0.39, 0.29) is 5.75 Å². The zero-order chi connectivity index (χ0) is 13.0. The molecule has 5 heteroatoms. The number of pyridine rings is 1. The van der Waals surface area contributed by atoms with E-state index < -0.39 is 5.82 Å². The van der Waals surface area contributed by atoms with Crippen molar-refractivity contribution in [3.63, 3.8) is 0 Å². The molecule has 0 radical (unpaired) electrons. The molecule has 0 atom stereocenters. The third-order valence-electron chi connectivity index (χ3n) is 2.36. The molecule has 0 unspecified atom stereocenters. The van der Waals surface area contributed by atoms with Crippen molar-refractivity contribution in [1.29, 1.82) is 0 Å². The number of halogens is 2. The highest BCUT2D eigenvalue weighted by molar-refractivity contribution is 9.10. The molecule has 2 aromatic rings. The zero-order valence-electron chi connectivity index (χ0n) is 9.57. The Hall–Kier alpha value is -1.46. The van der Waals surface area contributed by atoms with Crippen molar-refractivity contribution >= 4 is 15.9 Å². The largest absolute Gasteiger partial charge is 0.436 e. The van der Waals surface area contributed by atoms with Crippen molar-refractivity contribution in [2.45, 2.75) is 6.42 Å². The van der Waals surface area contributed by atoms with Gasteiger partial charge < -0.3 is 10.5 Å². The van der Waals surface area contributed by atoms with E-state index >= 15 is 0 Å². The summed E-state index contributed by atoms with van der Waals surface area (Å²) in [6, 6.07) is 8.18. The number of benzene rings is 1. The Morgan fingerprint density at radius 3 is 2.94 bits per heavy atom. The van der Waals surface area contributed by atoms with Gasteiger partial charge in [-0.2, -0.15) is 0 Å². The number of nitrogens with two attached hydrogens (primary N) is 1. The fraction of sp³-hybridized carbons (Fsp3) is 0.154. The van der Waals surface area contributed by atoms with E-state index in [1.54, 1.807) is 24.4 Å². The molecule has 0 saturated carbocycles. The lowest BCUT2D eigenvalue weighted by molar-refractivity contribution is 0.422. The van der Waals surface area contributed by atoms with Crippen molar-refractivity contribution in [2.75, 3.05) is 6.54 Å². The van der Waals surface area contributed by atoms with Gasteiger partial charge in [0, 0.05) is 16.2 Å². The minimum atomic E-state index is -0.428. The first kappa shape index (κ1) is 13.0. The molecule has 94 valence electrons. The monoisotopic (exact) mass is 310 g/mol. The third kappa shape index (κ3) is 3.05. The SMILES string of the molecule is NCCc1cccnc1Oc1cc(Br)ccc1F. The average molecular weight is 311 g/mol. The molecule has 2 rings (SSSR count). The maximum atomic E-state index is 13.6. The standard InChI is InChI=1S/C13H12BrFN2O/c14-10-3-4-11(15)12(8-10)18-13-9(5-6-16)2-1-7-17-13/h1-4,7-8H,5-6,16H2. The van der Waals surface area contributed by atoms with E-state index in [0.29, 0.717) is 18.8 Å². The normalized spacial score (nSPS) is 10.4. The Bertz CT molecular complexity index is 548. The molecule has 0 aliphatic carbocycles. The summed E-state index contributed by atoms with van der Waals surface area (Å²) < 4.78 is 19.8. The van der Waals surface area contributed by atoms with E-state index in [2.05, 4.69) is 20.9 Å². The summed E-state index contributed by atoms with van der Waals surface area (Å²) >= 11 is 3.27. The molecular formula is C13H12BrFN2O. The number of hydrogen-bond donors (Lipinski definition) is 1. The maximum Gasteiger partial charge on any atom is 0.222 e. The van der Waals surface area contributed by atoms with Crippen LogP contribution in [0.2, 0.25) is 0 Å². The quantitative estimate of drug-likeness (QED) is 0.942. The van der Waals surface area contributed by atoms with Crippen molar-refractivity contribution < 1.29 is 9.13 Å². The van der Waals surface area contributed by atoms with Crippen LogP contribution in [0.1, 0.15) is 5.56 Å². The molecule has 0 fully saturated rings. The molecule has 0 spiro atoms. The van der Waals surface area contributed by atoms with Crippen LogP contribution in [0.5, 0.6) is 11.6 Å². The van der Waals surface area contributed by atoms with Crippen LogP contribution in [0.25, 0.3) is 0 Å². The summed E-state index contributed by atoms with van der Waals surface area (Å²) in [6.07, 6.45) is 2.24. The highest BCUT2D eigenvalue weighted by Gasteiger charge is 2.09. The lowest BCUT2D eigenvalue weighted by atomic mass is 10.2. The summed E-state index contributed by atoms with van der Waals surface area (Å²) in [5.74, 6) is 0.101. The fourth-order valence-electron chi connectivity index (χ4n) is 1.52. The van der Waals surface area contributed by atoms with E-state index in [1.165, 1.54) is 6.07 Å². The molecule has 3 nitrogen and oxygen atoms in total. The Kier molecular flexibility index (Phi) is 4.28. The van der Waals surface area contributed by atoms with Crippen LogP contribution in [0.15, 0.2) is 41.0 Å². The van der Waals surface area contributed by atoms with Gasteiger partial charge in [-0.1, -0.05) is 22.0 Å². The minimum absolute atomic E-state index is 0.140. The molecule has 18 heavy (non-hydrogen) atoms. The van der Waals surface area contributed by atoms with Gasteiger partial charge in [-0.15, -0.1) is 0 Å². The molecule has 2 N–H and O–H groups in total. The van der Waals surface area contributed by atoms with Crippen LogP contribution in [-0.2, 0) is 6.42 Å². The van der Waals surface area contributed by atoms with Gasteiger partial charge in [-0.05, 0) is 37.2 Å². The van der Waals surface area contributed by atoms with Gasteiger partial charge in [0.2, 0.25) is 5.88 Å². The first-order chi connectivity index (χ1) is 8.70. The van der Waals surface area contributed by atoms with Crippen molar-refractivity contribution in [2.24, 2.45) is 5.73 Å². The molecule has 0 amide bonds. The lowest BCUT2D eigenvalue weighted by Crippen LogP contribution is -2.05. The predicted octanol–water partition coefficient (Wildman–Crippen LogP) is 3.28. The highest BCUT2D eigenvalue weighted by atomic mass is 79.9. The highest BCUT2D eigenvalue weighted by Crippen LogP contribution is 2.28. The molecule has 0 aliphatic rings. The molecule has 0 bridgehead atoms. The van der Waals surface area contributed by atoms with E-state index in [4.69, 9.17) is 10.5 Å². The molecule has 0 saturated heterocycles. The number of hydrogen-bond acceptors (Lipinski definition) is 3. The van der Waals surface area contributed by atoms with Crippen LogP contribution in [0.3, 0.4) is 0 Å². The van der Waals surface area contributed by atoms with E-state index in [9.17, 15) is 4.39 Å². The average Bonchev–Trinajstić information content (AvgIpc) is 2.36. The van der Waals surface area contributed by atoms with E-state index in [0.717, 1.165) is 10.0 Å². The molecule has 1 heterocycles. The Labute approximate surface area is 113 Å². The van der Waals surface area contributed by atoms with Crippen LogP contribution < -0.4 is 10.5 Å². The van der Waals surface area contributed by atoms with Crippen molar-refractivity contribution in [3.8, 4) is 11.6 Å². The molecular weight excluding hydrogens is 299 g/mol. The van der Waals surface area contributed by atoms with E-state index in [1.807, 2.05) is 6.07 Å². The van der Waals surface area contributed by atoms with Gasteiger partial charge >= 0.3 is 0 Å². The van der Waals surface area contributed by atoms with Gasteiger partial charge in [-0.25, -0.2) is 9.37 Å². The van der Waals surface area contributed by atoms with Crippen LogP contribution >= 0.6 is 15.9 Å². The van der Waals surface area contributed by atoms with Crippen LogP contribution in [0.4, 0.5) is 4.39 Å². The summed E-state index contributed by atoms with van der Waals surface area (Å²) in [5.41, 5.74) is 6.37. The number of ether oxygens (including phenoxy) is 1. The first-order valence-corrected chi connectivity index (χ1v) is 6.27. The Morgan fingerprint density at radius 1 is 1.33 bits per heavy atom. The fourth-order valence-corrected chi connectivity index (χ4v) is 1.86. The van der Waals surface area contributed by atoms with Gasteiger partial charge in [0.1, 0.15) is 0 Å². The summed E-state index contributed by atoms with van der Waals surface area (Å²) in [6.45, 7) is 0.489. The van der Waals surface area contributed by atoms with Gasteiger partial charge in [0.15, 0.2) is 11.6 Å². The first-order valence-electron chi connectivity index (χ1n) is 5.47. The number of nitrogens with zero attached hydrogens (tertiary/aromatic N) is 1. The zero-order valence-corrected chi connectivity index (χ0v) is 11.2. The second kappa shape index (κ2) is 5.93. The second-order valence-corrected chi connectivity index (χ2v) is 4.60. The Balaban J connectivity index is 2.30. The van der Waals surface area contributed by atoms with Gasteiger partial charge in [0.25, 0.3) is 0 Å². The van der Waals surface area contributed by atoms with Crippen LogP contribution in [0, 0.1) is 5.82 Å². The molecule has 0 aliphatic heterocycles. The smallest absolute Gasteiger partial charge is 0.222 e. The van der Waals surface area contributed by atoms with Gasteiger partial charge in [0.05, 0.1) is 0 Å². The summed E-state index contributed by atoms with van der Waals surface area (Å²) in [5, 5.41) is 0.